The van der Waals surface area contributed by atoms with Gasteiger partial charge in [0.1, 0.15) is 12.3 Å². The Bertz CT molecular complexity index is 846. The third-order valence-electron chi connectivity index (χ3n) is 3.95. The number of nitrogens with zero attached hydrogens (tertiary/aromatic N) is 3. The fourth-order valence-corrected chi connectivity index (χ4v) is 2.50. The molecule has 1 heterocycles. The van der Waals surface area contributed by atoms with Gasteiger partial charge in [-0.3, -0.25) is 19.7 Å². The number of unbranched alkanes of at least 4 members (excludes halogenated alkanes) is 1. The van der Waals surface area contributed by atoms with Crippen LogP contribution in [0.15, 0.2) is 28.8 Å². The van der Waals surface area contributed by atoms with Crippen LogP contribution in [0.3, 0.4) is 0 Å². The first-order valence-corrected chi connectivity index (χ1v) is 8.59. The number of nitro groups is 1. The minimum atomic E-state index is -0.526. The van der Waals surface area contributed by atoms with Crippen LogP contribution in [0.25, 0.3) is 0 Å². The first kappa shape index (κ1) is 20.1. The van der Waals surface area contributed by atoms with Crippen molar-refractivity contribution >= 4 is 23.3 Å². The summed E-state index contributed by atoms with van der Waals surface area (Å²) in [5, 5.41) is 17.4. The molecule has 0 aliphatic carbocycles. The van der Waals surface area contributed by atoms with Gasteiger partial charge in [-0.1, -0.05) is 24.6 Å². The van der Waals surface area contributed by atoms with E-state index in [0.717, 1.165) is 6.42 Å². The van der Waals surface area contributed by atoms with E-state index in [9.17, 15) is 19.7 Å². The fraction of sp³-hybridized carbons (Fsp3) is 0.389. The molecule has 0 saturated carbocycles. The lowest BCUT2D eigenvalue weighted by Crippen LogP contribution is -2.38. The number of aromatic nitrogens is 1. The van der Waals surface area contributed by atoms with Crippen LogP contribution < -0.4 is 5.32 Å². The Balaban J connectivity index is 2.16. The summed E-state index contributed by atoms with van der Waals surface area (Å²) in [6, 6.07) is 5.87. The minimum absolute atomic E-state index is 0.126. The van der Waals surface area contributed by atoms with E-state index in [1.54, 1.807) is 19.9 Å². The second-order valence-electron chi connectivity index (χ2n) is 6.21. The highest BCUT2D eigenvalue weighted by molar-refractivity contribution is 5.99. The highest BCUT2D eigenvalue weighted by Crippen LogP contribution is 2.20. The van der Waals surface area contributed by atoms with Crippen molar-refractivity contribution in [1.29, 1.82) is 0 Å². The standard InChI is InChI=1S/C18H22N4O5/c1-4-5-8-21(11-17(23)19-16-9-13(3)27-20-16)18(24)14-7-6-12(2)15(10-14)22(25)26/h6-7,9-10H,4-5,8,11H2,1-3H3,(H,19,20,23). The van der Waals surface area contributed by atoms with E-state index in [-0.39, 0.29) is 23.6 Å². The van der Waals surface area contributed by atoms with E-state index in [4.69, 9.17) is 4.52 Å². The molecule has 1 aromatic carbocycles. The molecule has 2 amide bonds. The van der Waals surface area contributed by atoms with Gasteiger partial charge in [0, 0.05) is 29.8 Å². The third kappa shape index (κ3) is 5.37. The van der Waals surface area contributed by atoms with E-state index in [1.807, 2.05) is 6.92 Å². The number of amides is 2. The first-order chi connectivity index (χ1) is 12.8. The molecule has 0 radical (unpaired) electrons. The van der Waals surface area contributed by atoms with Crippen LogP contribution in [-0.2, 0) is 4.79 Å². The zero-order valence-electron chi connectivity index (χ0n) is 15.5. The minimum Gasteiger partial charge on any atom is -0.360 e. The summed E-state index contributed by atoms with van der Waals surface area (Å²) in [4.78, 5) is 37.1. The molecule has 0 fully saturated rings. The summed E-state index contributed by atoms with van der Waals surface area (Å²) in [6.45, 7) is 5.45. The van der Waals surface area contributed by atoms with Crippen LogP contribution >= 0.6 is 0 Å². The fourth-order valence-electron chi connectivity index (χ4n) is 2.50. The average Bonchev–Trinajstić information content (AvgIpc) is 3.02. The normalized spacial score (nSPS) is 10.5. The molecule has 0 aliphatic rings. The second-order valence-corrected chi connectivity index (χ2v) is 6.21. The summed E-state index contributed by atoms with van der Waals surface area (Å²) >= 11 is 0. The van der Waals surface area contributed by atoms with E-state index in [1.165, 1.54) is 23.1 Å². The summed E-state index contributed by atoms with van der Waals surface area (Å²) in [5.74, 6) is -0.0325. The lowest BCUT2D eigenvalue weighted by molar-refractivity contribution is -0.385. The van der Waals surface area contributed by atoms with E-state index in [2.05, 4.69) is 10.5 Å². The Morgan fingerprint density at radius 2 is 2.04 bits per heavy atom. The van der Waals surface area contributed by atoms with Gasteiger partial charge in [0.15, 0.2) is 5.82 Å². The van der Waals surface area contributed by atoms with Crippen molar-refractivity contribution in [2.45, 2.75) is 33.6 Å². The van der Waals surface area contributed by atoms with Gasteiger partial charge in [0.25, 0.3) is 11.6 Å². The third-order valence-corrected chi connectivity index (χ3v) is 3.95. The van der Waals surface area contributed by atoms with Crippen LogP contribution in [-0.4, -0.2) is 39.9 Å². The number of nitrogens with one attached hydrogen (secondary N) is 1. The van der Waals surface area contributed by atoms with Gasteiger partial charge in [-0.2, -0.15) is 0 Å². The molecule has 0 saturated heterocycles. The molecular weight excluding hydrogens is 352 g/mol. The van der Waals surface area contributed by atoms with Gasteiger partial charge in [-0.15, -0.1) is 0 Å². The smallest absolute Gasteiger partial charge is 0.273 e. The molecule has 2 rings (SSSR count). The van der Waals surface area contributed by atoms with Crippen molar-refractivity contribution in [2.24, 2.45) is 0 Å². The summed E-state index contributed by atoms with van der Waals surface area (Å²) in [6.07, 6.45) is 1.54. The quantitative estimate of drug-likeness (QED) is 0.560. The Kier molecular flexibility index (Phi) is 6.64. The maximum Gasteiger partial charge on any atom is 0.273 e. The van der Waals surface area contributed by atoms with Gasteiger partial charge in [-0.05, 0) is 26.3 Å². The Labute approximate surface area is 156 Å². The van der Waals surface area contributed by atoms with Crippen molar-refractivity contribution in [3.63, 3.8) is 0 Å². The Morgan fingerprint density at radius 3 is 2.63 bits per heavy atom. The van der Waals surface area contributed by atoms with Gasteiger partial charge >= 0.3 is 0 Å². The van der Waals surface area contributed by atoms with Crippen molar-refractivity contribution in [3.8, 4) is 0 Å². The lowest BCUT2D eigenvalue weighted by atomic mass is 10.1. The molecule has 2 aromatic rings. The highest BCUT2D eigenvalue weighted by atomic mass is 16.6. The monoisotopic (exact) mass is 374 g/mol. The average molecular weight is 374 g/mol. The molecule has 9 heteroatoms. The molecule has 0 unspecified atom stereocenters. The number of carbonyl (C=O) groups excluding carboxylic acids is 2. The Morgan fingerprint density at radius 1 is 1.30 bits per heavy atom. The second kappa shape index (κ2) is 8.93. The summed E-state index contributed by atoms with van der Waals surface area (Å²) in [7, 11) is 0. The van der Waals surface area contributed by atoms with Crippen molar-refractivity contribution < 1.29 is 19.0 Å². The molecule has 144 valence electrons. The van der Waals surface area contributed by atoms with Crippen molar-refractivity contribution in [1.82, 2.24) is 10.1 Å². The number of hydrogen-bond donors (Lipinski definition) is 1. The number of aryl methyl sites for hydroxylation is 2. The summed E-state index contributed by atoms with van der Waals surface area (Å²) < 4.78 is 4.89. The van der Waals surface area contributed by atoms with E-state index < -0.39 is 16.7 Å². The van der Waals surface area contributed by atoms with E-state index in [0.29, 0.717) is 24.3 Å². The molecule has 1 N–H and O–H groups in total. The topological polar surface area (TPSA) is 119 Å². The molecule has 0 bridgehead atoms. The number of rotatable bonds is 8. The van der Waals surface area contributed by atoms with Gasteiger partial charge < -0.3 is 14.7 Å². The largest absolute Gasteiger partial charge is 0.360 e. The number of hydrogen-bond acceptors (Lipinski definition) is 6. The number of nitro benzene ring substituents is 1. The molecule has 0 aliphatic heterocycles. The molecule has 27 heavy (non-hydrogen) atoms. The van der Waals surface area contributed by atoms with E-state index >= 15 is 0 Å². The highest BCUT2D eigenvalue weighted by Gasteiger charge is 2.22. The maximum atomic E-state index is 12.8. The van der Waals surface area contributed by atoms with Crippen molar-refractivity contribution in [3.05, 3.63) is 51.3 Å². The number of benzene rings is 1. The first-order valence-electron chi connectivity index (χ1n) is 8.59. The van der Waals surface area contributed by atoms with Crippen LogP contribution in [0.4, 0.5) is 11.5 Å². The van der Waals surface area contributed by atoms with Gasteiger partial charge in [-0.25, -0.2) is 0 Å². The molecular formula is C18H22N4O5. The summed E-state index contributed by atoms with van der Waals surface area (Å²) in [5.41, 5.74) is 0.517. The van der Waals surface area contributed by atoms with Crippen LogP contribution in [0, 0.1) is 24.0 Å². The van der Waals surface area contributed by atoms with Gasteiger partial charge in [0.2, 0.25) is 5.91 Å². The van der Waals surface area contributed by atoms with Gasteiger partial charge in [0.05, 0.1) is 4.92 Å². The predicted molar refractivity (Wildman–Crippen MR) is 98.5 cm³/mol. The molecule has 0 spiro atoms. The zero-order chi connectivity index (χ0) is 20.0. The van der Waals surface area contributed by atoms with Crippen LogP contribution in [0.2, 0.25) is 0 Å². The maximum absolute atomic E-state index is 12.8. The number of anilines is 1. The Hall–Kier alpha value is -3.23. The molecule has 1 aromatic heterocycles. The van der Waals surface area contributed by atoms with Crippen molar-refractivity contribution in [2.75, 3.05) is 18.4 Å². The van der Waals surface area contributed by atoms with Crippen LogP contribution in [0.5, 0.6) is 0 Å². The predicted octanol–water partition coefficient (Wildman–Crippen LogP) is 3.08. The van der Waals surface area contributed by atoms with Crippen LogP contribution in [0.1, 0.15) is 41.4 Å². The zero-order valence-corrected chi connectivity index (χ0v) is 15.5. The SMILES string of the molecule is CCCCN(CC(=O)Nc1cc(C)on1)C(=O)c1ccc(C)c([N+](=O)[O-])c1. The number of carbonyl (C=O) groups is 2. The molecule has 9 nitrogen and oxygen atoms in total. The lowest BCUT2D eigenvalue weighted by Gasteiger charge is -2.22. The molecule has 0 atom stereocenters.